The Labute approximate surface area is 73.8 Å². The lowest BCUT2D eigenvalue weighted by Gasteiger charge is -2.10. The van der Waals surface area contributed by atoms with E-state index in [1.54, 1.807) is 0 Å². The smallest absolute Gasteiger partial charge is 0.0345 e. The Morgan fingerprint density at radius 1 is 1.42 bits per heavy atom. The van der Waals surface area contributed by atoms with Crippen molar-refractivity contribution in [2.24, 2.45) is 5.73 Å². The predicted octanol–water partition coefficient (Wildman–Crippen LogP) is 1.97. The highest BCUT2D eigenvalue weighted by Gasteiger charge is 1.95. The average molecular weight is 164 g/mol. The monoisotopic (exact) mass is 164 g/mol. The molecule has 0 heterocycles. The van der Waals surface area contributed by atoms with Gasteiger partial charge in [-0.15, -0.1) is 0 Å². The van der Waals surface area contributed by atoms with Gasteiger partial charge in [-0.1, -0.05) is 12.1 Å². The highest BCUT2D eigenvalue weighted by molar-refractivity contribution is 5.46. The molecule has 0 saturated carbocycles. The van der Waals surface area contributed by atoms with Gasteiger partial charge in [0.2, 0.25) is 0 Å². The van der Waals surface area contributed by atoms with Crippen LogP contribution in [0.25, 0.3) is 0 Å². The van der Waals surface area contributed by atoms with Crippen LogP contribution < -0.4 is 11.1 Å². The van der Waals surface area contributed by atoms with Crippen LogP contribution in [0.5, 0.6) is 0 Å². The molecule has 1 aromatic carbocycles. The van der Waals surface area contributed by atoms with Crippen LogP contribution in [0.2, 0.25) is 0 Å². The van der Waals surface area contributed by atoms with Crippen molar-refractivity contribution in [2.75, 3.05) is 5.32 Å². The van der Waals surface area contributed by atoms with E-state index in [-0.39, 0.29) is 0 Å². The maximum Gasteiger partial charge on any atom is 0.0345 e. The van der Waals surface area contributed by atoms with Gasteiger partial charge in [0.1, 0.15) is 0 Å². The summed E-state index contributed by atoms with van der Waals surface area (Å²) in [6.45, 7) is 4.85. The van der Waals surface area contributed by atoms with Gasteiger partial charge in [-0.05, 0) is 31.5 Å². The molecule has 0 radical (unpaired) electrons. The summed E-state index contributed by atoms with van der Waals surface area (Å²) >= 11 is 0. The average Bonchev–Trinajstić information content (AvgIpc) is 2.03. The lowest BCUT2D eigenvalue weighted by Crippen LogP contribution is -2.09. The van der Waals surface area contributed by atoms with Crippen LogP contribution in [0.4, 0.5) is 5.69 Å². The third kappa shape index (κ3) is 2.55. The third-order valence-corrected chi connectivity index (χ3v) is 1.62. The van der Waals surface area contributed by atoms with Crippen molar-refractivity contribution < 1.29 is 0 Å². The minimum absolute atomic E-state index is 0.470. The van der Waals surface area contributed by atoms with Gasteiger partial charge in [0.25, 0.3) is 0 Å². The molecule has 0 aliphatic carbocycles. The van der Waals surface area contributed by atoms with E-state index in [4.69, 9.17) is 5.73 Å². The molecular weight excluding hydrogens is 148 g/mol. The first-order chi connectivity index (χ1) is 5.72. The second-order valence-electron chi connectivity index (χ2n) is 3.20. The second-order valence-corrected chi connectivity index (χ2v) is 3.20. The molecule has 0 amide bonds. The molecule has 12 heavy (non-hydrogen) atoms. The van der Waals surface area contributed by atoms with Gasteiger partial charge in [0.05, 0.1) is 0 Å². The van der Waals surface area contributed by atoms with E-state index in [2.05, 4.69) is 31.3 Å². The maximum absolute atomic E-state index is 5.52. The highest BCUT2D eigenvalue weighted by atomic mass is 14.9. The molecule has 1 aromatic rings. The van der Waals surface area contributed by atoms with Crippen LogP contribution in [0, 0.1) is 0 Å². The van der Waals surface area contributed by atoms with E-state index in [1.807, 2.05) is 12.1 Å². The molecule has 1 rings (SSSR count). The summed E-state index contributed by atoms with van der Waals surface area (Å²) in [6.07, 6.45) is 0. The molecule has 0 saturated heterocycles. The number of hydrogen-bond acceptors (Lipinski definition) is 2. The zero-order chi connectivity index (χ0) is 8.97. The largest absolute Gasteiger partial charge is 0.383 e. The van der Waals surface area contributed by atoms with Crippen molar-refractivity contribution in [2.45, 2.75) is 26.4 Å². The first-order valence-electron chi connectivity index (χ1n) is 4.28. The van der Waals surface area contributed by atoms with Crippen LogP contribution in [0.1, 0.15) is 19.4 Å². The molecule has 3 N–H and O–H groups in total. The normalized spacial score (nSPS) is 10.3. The van der Waals surface area contributed by atoms with Crippen LogP contribution in [0.3, 0.4) is 0 Å². The van der Waals surface area contributed by atoms with Gasteiger partial charge in [-0.2, -0.15) is 0 Å². The summed E-state index contributed by atoms with van der Waals surface area (Å²) < 4.78 is 0. The van der Waals surface area contributed by atoms with Crippen molar-refractivity contribution >= 4 is 5.69 Å². The molecule has 0 atom stereocenters. The standard InChI is InChI=1S/C10H16N2/c1-8(2)12-10-5-3-4-9(6-10)7-11/h3-6,8,12H,7,11H2,1-2H3. The fourth-order valence-electron chi connectivity index (χ4n) is 1.12. The first kappa shape index (κ1) is 9.07. The van der Waals surface area contributed by atoms with E-state index < -0.39 is 0 Å². The van der Waals surface area contributed by atoms with Gasteiger partial charge in [0.15, 0.2) is 0 Å². The maximum atomic E-state index is 5.52. The molecule has 0 aliphatic rings. The number of benzene rings is 1. The summed E-state index contributed by atoms with van der Waals surface area (Å²) in [5.74, 6) is 0. The number of anilines is 1. The molecule has 0 spiro atoms. The highest BCUT2D eigenvalue weighted by Crippen LogP contribution is 2.10. The summed E-state index contributed by atoms with van der Waals surface area (Å²) in [7, 11) is 0. The Morgan fingerprint density at radius 3 is 2.75 bits per heavy atom. The minimum atomic E-state index is 0.470. The quantitative estimate of drug-likeness (QED) is 0.716. The molecule has 2 nitrogen and oxygen atoms in total. The molecule has 0 aliphatic heterocycles. The van der Waals surface area contributed by atoms with Crippen molar-refractivity contribution in [3.8, 4) is 0 Å². The van der Waals surface area contributed by atoms with Crippen LogP contribution >= 0.6 is 0 Å². The Kier molecular flexibility index (Phi) is 3.11. The zero-order valence-corrected chi connectivity index (χ0v) is 7.67. The number of nitrogens with two attached hydrogens (primary N) is 1. The van der Waals surface area contributed by atoms with Gasteiger partial charge in [-0.3, -0.25) is 0 Å². The Balaban J connectivity index is 2.72. The predicted molar refractivity (Wildman–Crippen MR) is 53.1 cm³/mol. The van der Waals surface area contributed by atoms with Crippen molar-refractivity contribution in [3.63, 3.8) is 0 Å². The van der Waals surface area contributed by atoms with Crippen LogP contribution in [-0.2, 0) is 6.54 Å². The van der Waals surface area contributed by atoms with Crippen LogP contribution in [0.15, 0.2) is 24.3 Å². The first-order valence-corrected chi connectivity index (χ1v) is 4.28. The Bertz CT molecular complexity index is 243. The molecule has 66 valence electrons. The topological polar surface area (TPSA) is 38.0 Å². The van der Waals surface area contributed by atoms with Crippen molar-refractivity contribution in [3.05, 3.63) is 29.8 Å². The van der Waals surface area contributed by atoms with Crippen molar-refractivity contribution in [1.82, 2.24) is 0 Å². The lowest BCUT2D eigenvalue weighted by atomic mass is 10.2. The number of rotatable bonds is 3. The van der Waals surface area contributed by atoms with Crippen molar-refractivity contribution in [1.29, 1.82) is 0 Å². The molecule has 0 aromatic heterocycles. The number of hydrogen-bond donors (Lipinski definition) is 2. The fourth-order valence-corrected chi connectivity index (χ4v) is 1.12. The van der Waals surface area contributed by atoms with Gasteiger partial charge in [-0.25, -0.2) is 0 Å². The SMILES string of the molecule is CC(C)Nc1cccc(CN)c1. The molecule has 0 bridgehead atoms. The van der Waals surface area contributed by atoms with E-state index in [0.29, 0.717) is 12.6 Å². The van der Waals surface area contributed by atoms with Gasteiger partial charge in [0, 0.05) is 18.3 Å². The summed E-state index contributed by atoms with van der Waals surface area (Å²) in [4.78, 5) is 0. The zero-order valence-electron chi connectivity index (χ0n) is 7.67. The Morgan fingerprint density at radius 2 is 2.17 bits per heavy atom. The fraction of sp³-hybridized carbons (Fsp3) is 0.400. The van der Waals surface area contributed by atoms with Crippen LogP contribution in [-0.4, -0.2) is 6.04 Å². The van der Waals surface area contributed by atoms with E-state index >= 15 is 0 Å². The third-order valence-electron chi connectivity index (χ3n) is 1.62. The molecule has 2 heteroatoms. The van der Waals surface area contributed by atoms with E-state index in [0.717, 1.165) is 5.69 Å². The van der Waals surface area contributed by atoms with Gasteiger partial charge < -0.3 is 11.1 Å². The van der Waals surface area contributed by atoms with Gasteiger partial charge >= 0.3 is 0 Å². The van der Waals surface area contributed by atoms with E-state index in [1.165, 1.54) is 5.56 Å². The summed E-state index contributed by atoms with van der Waals surface area (Å²) in [5, 5.41) is 3.32. The number of nitrogens with one attached hydrogen (secondary N) is 1. The van der Waals surface area contributed by atoms with E-state index in [9.17, 15) is 0 Å². The Hall–Kier alpha value is -1.02. The second kappa shape index (κ2) is 4.12. The summed E-state index contributed by atoms with van der Waals surface area (Å²) in [5.41, 5.74) is 7.84. The molecule has 0 fully saturated rings. The minimum Gasteiger partial charge on any atom is -0.383 e. The summed E-state index contributed by atoms with van der Waals surface area (Å²) in [6, 6.07) is 8.66. The lowest BCUT2D eigenvalue weighted by molar-refractivity contribution is 0.898. The molecular formula is C10H16N2. The molecule has 0 unspecified atom stereocenters.